The number of halogens is 1. The number of aromatic nitrogens is 4. The lowest BCUT2D eigenvalue weighted by Gasteiger charge is -2.11. The lowest BCUT2D eigenvalue weighted by molar-refractivity contribution is -0.121. The van der Waals surface area contributed by atoms with Crippen LogP contribution in [-0.2, 0) is 11.2 Å². The van der Waals surface area contributed by atoms with E-state index in [4.69, 9.17) is 16.0 Å². The van der Waals surface area contributed by atoms with Gasteiger partial charge in [-0.25, -0.2) is 0 Å². The summed E-state index contributed by atoms with van der Waals surface area (Å²) in [5.74, 6) is 1.30. The number of nitrogens with one attached hydrogen (secondary N) is 1. The van der Waals surface area contributed by atoms with E-state index in [0.717, 1.165) is 22.2 Å². The van der Waals surface area contributed by atoms with Crippen LogP contribution in [0.3, 0.4) is 0 Å². The SMILES string of the molecule is Cc1nnnn1-c1ccc(CC(=O)NC(C)c2cc3cc(Cl)ccc3o2)cc1. The van der Waals surface area contributed by atoms with Crippen LogP contribution in [-0.4, -0.2) is 26.1 Å². The van der Waals surface area contributed by atoms with Gasteiger partial charge in [0.1, 0.15) is 11.3 Å². The number of rotatable bonds is 5. The lowest BCUT2D eigenvalue weighted by atomic mass is 10.1. The highest BCUT2D eigenvalue weighted by Crippen LogP contribution is 2.26. The van der Waals surface area contributed by atoms with E-state index in [1.807, 2.05) is 56.3 Å². The molecule has 2 aromatic heterocycles. The highest BCUT2D eigenvalue weighted by molar-refractivity contribution is 6.31. The van der Waals surface area contributed by atoms with Gasteiger partial charge in [-0.3, -0.25) is 4.79 Å². The van der Waals surface area contributed by atoms with E-state index in [1.54, 1.807) is 10.7 Å². The van der Waals surface area contributed by atoms with E-state index in [-0.39, 0.29) is 18.4 Å². The van der Waals surface area contributed by atoms with E-state index >= 15 is 0 Å². The maximum absolute atomic E-state index is 12.4. The van der Waals surface area contributed by atoms with Crippen molar-refractivity contribution in [2.45, 2.75) is 26.3 Å². The van der Waals surface area contributed by atoms with Gasteiger partial charge < -0.3 is 9.73 Å². The van der Waals surface area contributed by atoms with Crippen molar-refractivity contribution in [3.63, 3.8) is 0 Å². The smallest absolute Gasteiger partial charge is 0.224 e. The van der Waals surface area contributed by atoms with Gasteiger partial charge in [0.2, 0.25) is 5.91 Å². The number of carbonyl (C=O) groups is 1. The van der Waals surface area contributed by atoms with Crippen LogP contribution in [0.5, 0.6) is 0 Å². The Kier molecular flexibility index (Phi) is 4.83. The zero-order valence-electron chi connectivity index (χ0n) is 15.4. The molecule has 142 valence electrons. The molecule has 0 bridgehead atoms. The topological polar surface area (TPSA) is 85.8 Å². The van der Waals surface area contributed by atoms with Gasteiger partial charge in [0.05, 0.1) is 18.2 Å². The summed E-state index contributed by atoms with van der Waals surface area (Å²) in [6.45, 7) is 3.72. The molecule has 0 spiro atoms. The van der Waals surface area contributed by atoms with E-state index in [1.165, 1.54) is 0 Å². The Labute approximate surface area is 166 Å². The number of benzene rings is 2. The molecule has 0 aliphatic carbocycles. The Morgan fingerprint density at radius 3 is 2.71 bits per heavy atom. The number of amides is 1. The van der Waals surface area contributed by atoms with Crippen LogP contribution >= 0.6 is 11.6 Å². The predicted octanol–water partition coefficient (Wildman–Crippen LogP) is 3.79. The van der Waals surface area contributed by atoms with E-state index in [0.29, 0.717) is 16.6 Å². The average molecular weight is 396 g/mol. The number of tetrazole rings is 1. The maximum atomic E-state index is 12.4. The van der Waals surface area contributed by atoms with Crippen molar-refractivity contribution >= 4 is 28.5 Å². The molecule has 1 amide bonds. The number of aryl methyl sites for hydroxylation is 1. The van der Waals surface area contributed by atoms with Crippen LogP contribution in [0.1, 0.15) is 30.1 Å². The van der Waals surface area contributed by atoms with Gasteiger partial charge >= 0.3 is 0 Å². The van der Waals surface area contributed by atoms with E-state index in [2.05, 4.69) is 20.8 Å². The molecule has 1 atom stereocenters. The molecule has 8 heteroatoms. The monoisotopic (exact) mass is 395 g/mol. The molecule has 0 fully saturated rings. The van der Waals surface area contributed by atoms with Crippen LogP contribution in [0.4, 0.5) is 0 Å². The number of fused-ring (bicyclic) bond motifs is 1. The molecule has 4 rings (SSSR count). The first-order valence-electron chi connectivity index (χ1n) is 8.82. The van der Waals surface area contributed by atoms with Gasteiger partial charge in [0.15, 0.2) is 5.82 Å². The van der Waals surface area contributed by atoms with Gasteiger partial charge in [-0.2, -0.15) is 4.68 Å². The standard InChI is InChI=1S/C20H18ClN5O2/c1-12(19-11-15-10-16(21)5-8-18(15)28-19)22-20(27)9-14-3-6-17(7-4-14)26-13(2)23-24-25-26/h3-8,10-12H,9H2,1-2H3,(H,22,27). The first-order valence-corrected chi connectivity index (χ1v) is 9.20. The van der Waals surface area contributed by atoms with Crippen molar-refractivity contribution in [1.82, 2.24) is 25.5 Å². The average Bonchev–Trinajstić information content (AvgIpc) is 3.28. The fraction of sp³-hybridized carbons (Fsp3) is 0.200. The Hall–Kier alpha value is -3.19. The molecule has 4 aromatic rings. The van der Waals surface area contributed by atoms with Crippen molar-refractivity contribution in [1.29, 1.82) is 0 Å². The molecular formula is C20H18ClN5O2. The first kappa shape index (κ1) is 18.2. The zero-order chi connectivity index (χ0) is 19.7. The summed E-state index contributed by atoms with van der Waals surface area (Å²) >= 11 is 6.01. The van der Waals surface area contributed by atoms with Crippen LogP contribution < -0.4 is 5.32 Å². The normalized spacial score (nSPS) is 12.2. The molecule has 2 heterocycles. The molecule has 7 nitrogen and oxygen atoms in total. The number of hydrogen-bond donors (Lipinski definition) is 1. The molecular weight excluding hydrogens is 378 g/mol. The first-order chi connectivity index (χ1) is 13.5. The Morgan fingerprint density at radius 2 is 2.00 bits per heavy atom. The lowest BCUT2D eigenvalue weighted by Crippen LogP contribution is -2.27. The Bertz CT molecular complexity index is 1130. The van der Waals surface area contributed by atoms with Crippen molar-refractivity contribution in [3.05, 3.63) is 70.7 Å². The fourth-order valence-electron chi connectivity index (χ4n) is 3.02. The summed E-state index contributed by atoms with van der Waals surface area (Å²) in [6.07, 6.45) is 0.269. The maximum Gasteiger partial charge on any atom is 0.224 e. The van der Waals surface area contributed by atoms with E-state index < -0.39 is 0 Å². The van der Waals surface area contributed by atoms with Crippen molar-refractivity contribution in [2.75, 3.05) is 0 Å². The summed E-state index contributed by atoms with van der Waals surface area (Å²) in [5.41, 5.74) is 2.49. The highest BCUT2D eigenvalue weighted by atomic mass is 35.5. The van der Waals surface area contributed by atoms with Gasteiger partial charge in [0.25, 0.3) is 0 Å². The molecule has 28 heavy (non-hydrogen) atoms. The highest BCUT2D eigenvalue weighted by Gasteiger charge is 2.15. The summed E-state index contributed by atoms with van der Waals surface area (Å²) in [5, 5.41) is 16.0. The van der Waals surface area contributed by atoms with Crippen molar-refractivity contribution < 1.29 is 9.21 Å². The second kappa shape index (κ2) is 7.44. The molecule has 0 saturated heterocycles. The Balaban J connectivity index is 1.41. The van der Waals surface area contributed by atoms with Crippen LogP contribution in [0.15, 0.2) is 52.9 Å². The predicted molar refractivity (Wildman–Crippen MR) is 105 cm³/mol. The number of nitrogens with zero attached hydrogens (tertiary/aromatic N) is 4. The van der Waals surface area contributed by atoms with Crippen molar-refractivity contribution in [3.8, 4) is 5.69 Å². The second-order valence-electron chi connectivity index (χ2n) is 6.60. The third kappa shape index (κ3) is 3.75. The van der Waals surface area contributed by atoms with Gasteiger partial charge in [-0.05, 0) is 66.2 Å². The number of furan rings is 1. The van der Waals surface area contributed by atoms with Crippen molar-refractivity contribution in [2.24, 2.45) is 0 Å². The third-order valence-electron chi connectivity index (χ3n) is 4.47. The van der Waals surface area contributed by atoms with Gasteiger partial charge in [-0.1, -0.05) is 23.7 Å². The van der Waals surface area contributed by atoms with Gasteiger partial charge in [0, 0.05) is 10.4 Å². The summed E-state index contributed by atoms with van der Waals surface area (Å²) in [4.78, 5) is 12.4. The van der Waals surface area contributed by atoms with E-state index in [9.17, 15) is 4.79 Å². The zero-order valence-corrected chi connectivity index (χ0v) is 16.1. The Morgan fingerprint density at radius 1 is 1.21 bits per heavy atom. The summed E-state index contributed by atoms with van der Waals surface area (Å²) in [7, 11) is 0. The largest absolute Gasteiger partial charge is 0.459 e. The minimum atomic E-state index is -0.248. The van der Waals surface area contributed by atoms with Crippen LogP contribution in [0, 0.1) is 6.92 Å². The number of hydrogen-bond acceptors (Lipinski definition) is 5. The molecule has 0 aliphatic heterocycles. The summed E-state index contributed by atoms with van der Waals surface area (Å²) in [6, 6.07) is 14.7. The molecule has 0 aliphatic rings. The molecule has 0 radical (unpaired) electrons. The summed E-state index contributed by atoms with van der Waals surface area (Å²) < 4.78 is 7.45. The quantitative estimate of drug-likeness (QED) is 0.555. The van der Waals surface area contributed by atoms with Gasteiger partial charge in [-0.15, -0.1) is 5.10 Å². The second-order valence-corrected chi connectivity index (χ2v) is 7.04. The van der Waals surface area contributed by atoms with Crippen LogP contribution in [0.2, 0.25) is 5.02 Å². The molecule has 0 saturated carbocycles. The molecule has 1 unspecified atom stereocenters. The minimum Gasteiger partial charge on any atom is -0.459 e. The third-order valence-corrected chi connectivity index (χ3v) is 4.71. The molecule has 2 aromatic carbocycles. The number of carbonyl (C=O) groups excluding carboxylic acids is 1. The fourth-order valence-corrected chi connectivity index (χ4v) is 3.20. The minimum absolute atomic E-state index is 0.0858. The molecule has 1 N–H and O–H groups in total. The van der Waals surface area contributed by atoms with Crippen LogP contribution in [0.25, 0.3) is 16.7 Å².